The van der Waals surface area contributed by atoms with Crippen LogP contribution >= 0.6 is 11.3 Å². The van der Waals surface area contributed by atoms with E-state index in [0.717, 1.165) is 32.2 Å². The quantitative estimate of drug-likeness (QED) is 0.789. The molecule has 0 N–H and O–H groups in total. The SMILES string of the molecule is CCc1ccc(CCC(=O)N2CCCC2c2cccs2)cc1. The van der Waals surface area contributed by atoms with Gasteiger partial charge in [-0.3, -0.25) is 4.79 Å². The minimum atomic E-state index is 0.301. The molecule has 0 aliphatic carbocycles. The number of hydrogen-bond acceptors (Lipinski definition) is 2. The van der Waals surface area contributed by atoms with Gasteiger partial charge in [-0.1, -0.05) is 37.3 Å². The van der Waals surface area contributed by atoms with Gasteiger partial charge in [0.25, 0.3) is 0 Å². The molecule has 0 radical (unpaired) electrons. The van der Waals surface area contributed by atoms with Crippen LogP contribution in [0.4, 0.5) is 0 Å². The Kier molecular flexibility index (Phi) is 4.94. The number of carbonyl (C=O) groups excluding carboxylic acids is 1. The van der Waals surface area contributed by atoms with Gasteiger partial charge in [0.1, 0.15) is 0 Å². The van der Waals surface area contributed by atoms with E-state index in [2.05, 4.69) is 53.6 Å². The van der Waals surface area contributed by atoms with E-state index in [9.17, 15) is 4.79 Å². The highest BCUT2D eigenvalue weighted by Gasteiger charge is 2.29. The summed E-state index contributed by atoms with van der Waals surface area (Å²) < 4.78 is 0. The average molecular weight is 313 g/mol. The maximum Gasteiger partial charge on any atom is 0.223 e. The summed E-state index contributed by atoms with van der Waals surface area (Å²) in [7, 11) is 0. The predicted octanol–water partition coefficient (Wildman–Crippen LogP) is 4.61. The van der Waals surface area contributed by atoms with Gasteiger partial charge in [-0.2, -0.15) is 0 Å². The standard InChI is InChI=1S/C19H23NOS/c1-2-15-7-9-16(10-8-15)11-12-19(21)20-13-3-5-17(20)18-6-4-14-22-18/h4,6-10,14,17H,2-3,5,11-13H2,1H3. The zero-order chi connectivity index (χ0) is 15.4. The number of carbonyl (C=O) groups is 1. The summed E-state index contributed by atoms with van der Waals surface area (Å²) in [4.78, 5) is 16.0. The molecule has 1 atom stereocenters. The molecule has 0 saturated carbocycles. The summed E-state index contributed by atoms with van der Waals surface area (Å²) in [5, 5.41) is 2.10. The van der Waals surface area contributed by atoms with Gasteiger partial charge in [-0.15, -0.1) is 11.3 Å². The van der Waals surface area contributed by atoms with Gasteiger partial charge < -0.3 is 4.90 Å². The average Bonchev–Trinajstić information content (AvgIpc) is 3.23. The summed E-state index contributed by atoms with van der Waals surface area (Å²) in [6, 6.07) is 13.2. The zero-order valence-corrected chi connectivity index (χ0v) is 13.9. The highest BCUT2D eigenvalue weighted by atomic mass is 32.1. The molecule has 1 aromatic carbocycles. The number of likely N-dealkylation sites (tertiary alicyclic amines) is 1. The van der Waals surface area contributed by atoms with Gasteiger partial charge >= 0.3 is 0 Å². The lowest BCUT2D eigenvalue weighted by molar-refractivity contribution is -0.132. The van der Waals surface area contributed by atoms with Crippen LogP contribution in [0.25, 0.3) is 0 Å². The Morgan fingerprint density at radius 1 is 1.23 bits per heavy atom. The third kappa shape index (κ3) is 3.41. The van der Waals surface area contributed by atoms with Crippen molar-refractivity contribution < 1.29 is 4.79 Å². The molecular weight excluding hydrogens is 290 g/mol. The van der Waals surface area contributed by atoms with Gasteiger partial charge in [0.15, 0.2) is 0 Å². The van der Waals surface area contributed by atoms with Crippen LogP contribution in [0.2, 0.25) is 0 Å². The summed E-state index contributed by atoms with van der Waals surface area (Å²) in [6.45, 7) is 3.08. The largest absolute Gasteiger partial charge is 0.335 e. The lowest BCUT2D eigenvalue weighted by atomic mass is 10.1. The fraction of sp³-hybridized carbons (Fsp3) is 0.421. The normalized spacial score (nSPS) is 17.9. The van der Waals surface area contributed by atoms with Crippen molar-refractivity contribution in [1.82, 2.24) is 4.90 Å². The van der Waals surface area contributed by atoms with E-state index in [1.165, 1.54) is 16.0 Å². The molecule has 0 bridgehead atoms. The maximum atomic E-state index is 12.6. The first-order valence-electron chi connectivity index (χ1n) is 8.18. The van der Waals surface area contributed by atoms with E-state index >= 15 is 0 Å². The fourth-order valence-electron chi connectivity index (χ4n) is 3.18. The molecule has 1 aromatic heterocycles. The second kappa shape index (κ2) is 7.10. The third-order valence-electron chi connectivity index (χ3n) is 4.50. The number of hydrogen-bond donors (Lipinski definition) is 0. The van der Waals surface area contributed by atoms with Gasteiger partial charge in [0, 0.05) is 17.8 Å². The lowest BCUT2D eigenvalue weighted by Gasteiger charge is -2.24. The van der Waals surface area contributed by atoms with Gasteiger partial charge in [0.2, 0.25) is 5.91 Å². The Labute approximate surface area is 136 Å². The number of benzene rings is 1. The molecule has 1 fully saturated rings. The number of rotatable bonds is 5. The fourth-order valence-corrected chi connectivity index (χ4v) is 4.05. The Morgan fingerprint density at radius 3 is 2.68 bits per heavy atom. The van der Waals surface area contributed by atoms with Crippen LogP contribution in [-0.2, 0) is 17.6 Å². The van der Waals surface area contributed by atoms with Crippen molar-refractivity contribution in [2.24, 2.45) is 0 Å². The van der Waals surface area contributed by atoms with E-state index in [4.69, 9.17) is 0 Å². The first-order chi connectivity index (χ1) is 10.8. The van der Waals surface area contributed by atoms with E-state index in [0.29, 0.717) is 18.4 Å². The van der Waals surface area contributed by atoms with Crippen molar-refractivity contribution in [2.75, 3.05) is 6.54 Å². The van der Waals surface area contributed by atoms with Crippen LogP contribution in [0.5, 0.6) is 0 Å². The van der Waals surface area contributed by atoms with Crippen LogP contribution in [0, 0.1) is 0 Å². The Hall–Kier alpha value is -1.61. The van der Waals surface area contributed by atoms with Crippen LogP contribution < -0.4 is 0 Å². The Bertz CT molecular complexity index is 603. The van der Waals surface area contributed by atoms with Gasteiger partial charge in [0.05, 0.1) is 6.04 Å². The van der Waals surface area contributed by atoms with E-state index in [-0.39, 0.29) is 0 Å². The minimum Gasteiger partial charge on any atom is -0.335 e. The third-order valence-corrected chi connectivity index (χ3v) is 5.48. The summed E-state index contributed by atoms with van der Waals surface area (Å²) in [5.41, 5.74) is 2.62. The van der Waals surface area contributed by atoms with E-state index < -0.39 is 0 Å². The summed E-state index contributed by atoms with van der Waals surface area (Å²) >= 11 is 1.77. The molecule has 1 saturated heterocycles. The number of amides is 1. The topological polar surface area (TPSA) is 20.3 Å². The molecule has 3 heteroatoms. The smallest absolute Gasteiger partial charge is 0.223 e. The molecule has 1 unspecified atom stereocenters. The summed E-state index contributed by atoms with van der Waals surface area (Å²) in [6.07, 6.45) is 4.76. The van der Waals surface area contributed by atoms with E-state index in [1.807, 2.05) is 0 Å². The molecule has 116 valence electrons. The van der Waals surface area contributed by atoms with E-state index in [1.54, 1.807) is 11.3 Å². The lowest BCUT2D eigenvalue weighted by Crippen LogP contribution is -2.30. The molecular formula is C19H23NOS. The molecule has 1 aliphatic heterocycles. The highest BCUT2D eigenvalue weighted by Crippen LogP contribution is 2.34. The Balaban J connectivity index is 1.59. The van der Waals surface area contributed by atoms with Crippen molar-refractivity contribution in [2.45, 2.75) is 45.1 Å². The van der Waals surface area contributed by atoms with Crippen molar-refractivity contribution in [3.63, 3.8) is 0 Å². The van der Waals surface area contributed by atoms with Crippen molar-refractivity contribution >= 4 is 17.2 Å². The molecule has 22 heavy (non-hydrogen) atoms. The number of nitrogens with zero attached hydrogens (tertiary/aromatic N) is 1. The highest BCUT2D eigenvalue weighted by molar-refractivity contribution is 7.10. The molecule has 3 rings (SSSR count). The van der Waals surface area contributed by atoms with Crippen molar-refractivity contribution in [1.29, 1.82) is 0 Å². The Morgan fingerprint density at radius 2 is 2.00 bits per heavy atom. The second-order valence-corrected chi connectivity index (χ2v) is 6.91. The maximum absolute atomic E-state index is 12.6. The predicted molar refractivity (Wildman–Crippen MR) is 92.1 cm³/mol. The molecule has 1 aliphatic rings. The van der Waals surface area contributed by atoms with Crippen LogP contribution in [-0.4, -0.2) is 17.4 Å². The minimum absolute atomic E-state index is 0.301. The monoisotopic (exact) mass is 313 g/mol. The molecule has 2 aromatic rings. The van der Waals surface area contributed by atoms with Gasteiger partial charge in [-0.05, 0) is 48.3 Å². The van der Waals surface area contributed by atoms with Crippen LogP contribution in [0.3, 0.4) is 0 Å². The first-order valence-corrected chi connectivity index (χ1v) is 9.06. The number of aryl methyl sites for hydroxylation is 2. The molecule has 1 amide bonds. The zero-order valence-electron chi connectivity index (χ0n) is 13.1. The molecule has 2 heterocycles. The first kappa shape index (κ1) is 15.3. The summed E-state index contributed by atoms with van der Waals surface area (Å²) in [5.74, 6) is 0.301. The molecule has 2 nitrogen and oxygen atoms in total. The van der Waals surface area contributed by atoms with Gasteiger partial charge in [-0.25, -0.2) is 0 Å². The van der Waals surface area contributed by atoms with Crippen molar-refractivity contribution in [3.05, 3.63) is 57.8 Å². The van der Waals surface area contributed by atoms with Crippen LogP contribution in [0.15, 0.2) is 41.8 Å². The molecule has 0 spiro atoms. The second-order valence-electron chi connectivity index (χ2n) is 5.93. The number of thiophene rings is 1. The van der Waals surface area contributed by atoms with Crippen LogP contribution in [0.1, 0.15) is 48.2 Å². The van der Waals surface area contributed by atoms with Crippen molar-refractivity contribution in [3.8, 4) is 0 Å².